The first-order chi connectivity index (χ1) is 10.5. The van der Waals surface area contributed by atoms with Gasteiger partial charge in [0.1, 0.15) is 12.4 Å². The standard InChI is InChI=1S/C15H16N4O2S/c1-9-8-22-15(21)19(9)7-13(20)16-10(2)14-17-11-5-3-4-6-12(11)18-14/h3-6,8,10H,7H2,1-2H3,(H,16,20)(H,17,18). The quantitative estimate of drug-likeness (QED) is 0.772. The van der Waals surface area contributed by atoms with Crippen molar-refractivity contribution in [2.75, 3.05) is 0 Å². The summed E-state index contributed by atoms with van der Waals surface area (Å²) in [5, 5.41) is 4.61. The van der Waals surface area contributed by atoms with Gasteiger partial charge < -0.3 is 10.3 Å². The van der Waals surface area contributed by atoms with Crippen LogP contribution in [0.1, 0.15) is 24.5 Å². The molecule has 0 bridgehead atoms. The smallest absolute Gasteiger partial charge is 0.307 e. The number of aryl methyl sites for hydroxylation is 1. The van der Waals surface area contributed by atoms with Crippen molar-refractivity contribution < 1.29 is 4.79 Å². The van der Waals surface area contributed by atoms with Crippen molar-refractivity contribution in [2.45, 2.75) is 26.4 Å². The zero-order chi connectivity index (χ0) is 15.7. The predicted molar refractivity (Wildman–Crippen MR) is 86.0 cm³/mol. The SMILES string of the molecule is Cc1csc(=O)n1CC(=O)NC(C)c1nc2ccccc2[nH]1. The molecular weight excluding hydrogens is 300 g/mol. The fourth-order valence-electron chi connectivity index (χ4n) is 2.27. The number of fused-ring (bicyclic) bond motifs is 1. The van der Waals surface area contributed by atoms with Crippen molar-refractivity contribution >= 4 is 28.3 Å². The van der Waals surface area contributed by atoms with Crippen molar-refractivity contribution in [2.24, 2.45) is 0 Å². The third-order valence-electron chi connectivity index (χ3n) is 3.47. The Morgan fingerprint density at radius 3 is 2.91 bits per heavy atom. The molecule has 0 aliphatic heterocycles. The number of aromatic amines is 1. The minimum Gasteiger partial charge on any atom is -0.345 e. The molecule has 1 atom stereocenters. The summed E-state index contributed by atoms with van der Waals surface area (Å²) in [6.07, 6.45) is 0. The van der Waals surface area contributed by atoms with E-state index in [1.54, 1.807) is 5.38 Å². The summed E-state index contributed by atoms with van der Waals surface area (Å²) in [5.74, 6) is 0.487. The molecule has 0 spiro atoms. The van der Waals surface area contributed by atoms with Crippen molar-refractivity contribution in [1.29, 1.82) is 0 Å². The van der Waals surface area contributed by atoms with Gasteiger partial charge in [0.15, 0.2) is 0 Å². The van der Waals surface area contributed by atoms with Crippen LogP contribution < -0.4 is 10.2 Å². The Balaban J connectivity index is 1.72. The number of imidazole rings is 1. The van der Waals surface area contributed by atoms with Gasteiger partial charge in [-0.25, -0.2) is 4.98 Å². The van der Waals surface area contributed by atoms with Gasteiger partial charge in [0.2, 0.25) is 5.91 Å². The Hall–Kier alpha value is -2.41. The highest BCUT2D eigenvalue weighted by atomic mass is 32.1. The second-order valence-corrected chi connectivity index (χ2v) is 5.98. The van der Waals surface area contributed by atoms with E-state index in [1.165, 1.54) is 4.57 Å². The number of hydrogen-bond acceptors (Lipinski definition) is 4. The van der Waals surface area contributed by atoms with Crippen LogP contribution in [0.25, 0.3) is 11.0 Å². The number of rotatable bonds is 4. The number of carbonyl (C=O) groups is 1. The van der Waals surface area contributed by atoms with E-state index < -0.39 is 0 Å². The van der Waals surface area contributed by atoms with E-state index in [9.17, 15) is 9.59 Å². The summed E-state index contributed by atoms with van der Waals surface area (Å²) in [7, 11) is 0. The van der Waals surface area contributed by atoms with Gasteiger partial charge in [0.25, 0.3) is 0 Å². The fraction of sp³-hybridized carbons (Fsp3) is 0.267. The first kappa shape index (κ1) is 14.5. The third kappa shape index (κ3) is 2.80. The molecule has 0 saturated heterocycles. The molecule has 0 radical (unpaired) electrons. The lowest BCUT2D eigenvalue weighted by molar-refractivity contribution is -0.122. The van der Waals surface area contributed by atoms with Gasteiger partial charge >= 0.3 is 4.87 Å². The van der Waals surface area contributed by atoms with Crippen LogP contribution in [0.4, 0.5) is 0 Å². The Bertz CT molecular complexity index is 844. The molecule has 0 aliphatic carbocycles. The maximum atomic E-state index is 12.1. The molecule has 7 heteroatoms. The molecule has 3 aromatic rings. The van der Waals surface area contributed by atoms with Crippen LogP contribution in [0, 0.1) is 6.92 Å². The summed E-state index contributed by atoms with van der Waals surface area (Å²) in [4.78, 5) is 31.3. The van der Waals surface area contributed by atoms with Gasteiger partial charge in [-0.2, -0.15) is 0 Å². The summed E-state index contributed by atoms with van der Waals surface area (Å²) >= 11 is 1.10. The Kier molecular flexibility index (Phi) is 3.81. The summed E-state index contributed by atoms with van der Waals surface area (Å²) in [6, 6.07) is 7.45. The highest BCUT2D eigenvalue weighted by molar-refractivity contribution is 7.07. The molecule has 6 nitrogen and oxygen atoms in total. The monoisotopic (exact) mass is 316 g/mol. The molecule has 3 rings (SSSR count). The second-order valence-electron chi connectivity index (χ2n) is 5.16. The van der Waals surface area contributed by atoms with E-state index in [0.29, 0.717) is 5.82 Å². The van der Waals surface area contributed by atoms with Crippen LogP contribution in [0.3, 0.4) is 0 Å². The van der Waals surface area contributed by atoms with Crippen LogP contribution in [0.15, 0.2) is 34.4 Å². The van der Waals surface area contributed by atoms with E-state index in [1.807, 2.05) is 38.1 Å². The van der Waals surface area contributed by atoms with Gasteiger partial charge in [0, 0.05) is 11.1 Å². The zero-order valence-electron chi connectivity index (χ0n) is 12.3. The Morgan fingerprint density at radius 1 is 1.45 bits per heavy atom. The van der Waals surface area contributed by atoms with Crippen molar-refractivity contribution in [3.8, 4) is 0 Å². The number of para-hydroxylation sites is 2. The number of thiazole rings is 1. The molecule has 2 aromatic heterocycles. The largest absolute Gasteiger partial charge is 0.345 e. The molecule has 1 unspecified atom stereocenters. The van der Waals surface area contributed by atoms with Crippen LogP contribution in [-0.4, -0.2) is 20.4 Å². The number of amides is 1. The average molecular weight is 316 g/mol. The lowest BCUT2D eigenvalue weighted by atomic mass is 10.3. The van der Waals surface area contributed by atoms with Crippen molar-refractivity contribution in [3.05, 3.63) is 50.8 Å². The van der Waals surface area contributed by atoms with E-state index in [4.69, 9.17) is 0 Å². The van der Waals surface area contributed by atoms with E-state index >= 15 is 0 Å². The molecule has 0 aliphatic rings. The topological polar surface area (TPSA) is 79.8 Å². The highest BCUT2D eigenvalue weighted by Crippen LogP contribution is 2.15. The normalized spacial score (nSPS) is 12.5. The number of nitrogens with one attached hydrogen (secondary N) is 2. The lowest BCUT2D eigenvalue weighted by Gasteiger charge is -2.12. The van der Waals surface area contributed by atoms with Crippen LogP contribution in [0.5, 0.6) is 0 Å². The molecule has 0 saturated carbocycles. The fourth-order valence-corrected chi connectivity index (χ4v) is 3.01. The van der Waals surface area contributed by atoms with E-state index in [0.717, 1.165) is 28.1 Å². The van der Waals surface area contributed by atoms with Gasteiger partial charge in [-0.3, -0.25) is 14.2 Å². The molecule has 2 heterocycles. The van der Waals surface area contributed by atoms with E-state index in [-0.39, 0.29) is 23.4 Å². The molecular formula is C15H16N4O2S. The Labute approximate surface area is 130 Å². The van der Waals surface area contributed by atoms with E-state index in [2.05, 4.69) is 15.3 Å². The highest BCUT2D eigenvalue weighted by Gasteiger charge is 2.15. The predicted octanol–water partition coefficient (Wildman–Crippen LogP) is 1.97. The van der Waals surface area contributed by atoms with Gasteiger partial charge in [-0.15, -0.1) is 0 Å². The minimum absolute atomic E-state index is 0.0265. The van der Waals surface area contributed by atoms with Crippen LogP contribution >= 0.6 is 11.3 Å². The van der Waals surface area contributed by atoms with Crippen molar-refractivity contribution in [1.82, 2.24) is 19.9 Å². The third-order valence-corrected chi connectivity index (χ3v) is 4.35. The second kappa shape index (κ2) is 5.76. The van der Waals surface area contributed by atoms with Crippen LogP contribution in [0.2, 0.25) is 0 Å². The maximum absolute atomic E-state index is 12.1. The molecule has 0 fully saturated rings. The number of carbonyl (C=O) groups excluding carboxylic acids is 1. The van der Waals surface area contributed by atoms with Gasteiger partial charge in [-0.1, -0.05) is 23.5 Å². The Morgan fingerprint density at radius 2 is 2.23 bits per heavy atom. The number of nitrogens with zero attached hydrogens (tertiary/aromatic N) is 2. The lowest BCUT2D eigenvalue weighted by Crippen LogP contribution is -2.33. The first-order valence-corrected chi connectivity index (χ1v) is 7.81. The number of hydrogen-bond donors (Lipinski definition) is 2. The van der Waals surface area contributed by atoms with Crippen LogP contribution in [-0.2, 0) is 11.3 Å². The van der Waals surface area contributed by atoms with Crippen molar-refractivity contribution in [3.63, 3.8) is 0 Å². The number of aromatic nitrogens is 3. The minimum atomic E-state index is -0.255. The first-order valence-electron chi connectivity index (χ1n) is 6.93. The molecule has 22 heavy (non-hydrogen) atoms. The van der Waals surface area contributed by atoms with Gasteiger partial charge in [-0.05, 0) is 26.0 Å². The zero-order valence-corrected chi connectivity index (χ0v) is 13.1. The molecule has 1 amide bonds. The molecule has 114 valence electrons. The summed E-state index contributed by atoms with van der Waals surface area (Å²) in [6.45, 7) is 3.70. The molecule has 1 aromatic carbocycles. The number of benzene rings is 1. The maximum Gasteiger partial charge on any atom is 0.307 e. The summed E-state index contributed by atoms with van der Waals surface area (Å²) < 4.78 is 1.46. The van der Waals surface area contributed by atoms with Gasteiger partial charge in [0.05, 0.1) is 17.1 Å². The summed E-state index contributed by atoms with van der Waals surface area (Å²) in [5.41, 5.74) is 2.59. The average Bonchev–Trinajstić information content (AvgIpc) is 3.05. The number of H-pyrrole nitrogens is 1. The molecule has 2 N–H and O–H groups in total.